The van der Waals surface area contributed by atoms with Crippen molar-refractivity contribution in [1.29, 1.82) is 0 Å². The number of nitrogens with one attached hydrogen (secondary N) is 1. The predicted molar refractivity (Wildman–Crippen MR) is 87.8 cm³/mol. The van der Waals surface area contributed by atoms with Crippen LogP contribution < -0.4 is 5.32 Å². The molecule has 0 heterocycles. The van der Waals surface area contributed by atoms with Crippen molar-refractivity contribution in [2.24, 2.45) is 5.92 Å². The van der Waals surface area contributed by atoms with Crippen LogP contribution >= 0.6 is 0 Å². The second-order valence-electron chi connectivity index (χ2n) is 5.88. The Balaban J connectivity index is 2.28. The summed E-state index contributed by atoms with van der Waals surface area (Å²) < 4.78 is 13.8. The molecule has 0 spiro atoms. The number of hydrogen-bond acceptors (Lipinski definition) is 1. The fourth-order valence-electron chi connectivity index (χ4n) is 2.50. The molecule has 2 heteroatoms. The van der Waals surface area contributed by atoms with Crippen LogP contribution in [0.4, 0.5) is 4.39 Å². The van der Waals surface area contributed by atoms with Gasteiger partial charge in [0, 0.05) is 12.1 Å². The molecule has 0 unspecified atom stereocenters. The maximum Gasteiger partial charge on any atom is 0.127 e. The first kappa shape index (κ1) is 15.7. The Labute approximate surface area is 127 Å². The second-order valence-corrected chi connectivity index (χ2v) is 5.88. The molecule has 0 aromatic heterocycles. The van der Waals surface area contributed by atoms with Crippen molar-refractivity contribution in [3.8, 4) is 11.1 Å². The average molecular weight is 285 g/mol. The Kier molecular flexibility index (Phi) is 5.51. The van der Waals surface area contributed by atoms with E-state index in [2.05, 4.69) is 43.4 Å². The highest BCUT2D eigenvalue weighted by Gasteiger charge is 2.06. The van der Waals surface area contributed by atoms with Crippen LogP contribution in [-0.4, -0.2) is 6.54 Å². The van der Waals surface area contributed by atoms with Crippen LogP contribution in [0.1, 0.15) is 31.9 Å². The van der Waals surface area contributed by atoms with Crippen LogP contribution in [0.5, 0.6) is 0 Å². The van der Waals surface area contributed by atoms with Gasteiger partial charge in [-0.3, -0.25) is 0 Å². The molecular formula is C19H24FN. The summed E-state index contributed by atoms with van der Waals surface area (Å²) in [6.07, 6.45) is 1.07. The summed E-state index contributed by atoms with van der Waals surface area (Å²) in [6.45, 7) is 7.88. The SMILES string of the molecule is CCNCc1cc(-c2cccc(CC(C)C)c2)ccc1F. The molecule has 2 rings (SSSR count). The molecule has 0 saturated carbocycles. The van der Waals surface area contributed by atoms with Gasteiger partial charge in [0.25, 0.3) is 0 Å². The lowest BCUT2D eigenvalue weighted by Crippen LogP contribution is -2.12. The molecule has 0 bridgehead atoms. The van der Waals surface area contributed by atoms with Crippen molar-refractivity contribution >= 4 is 0 Å². The summed E-state index contributed by atoms with van der Waals surface area (Å²) in [6, 6.07) is 13.9. The maximum absolute atomic E-state index is 13.8. The first-order valence-electron chi connectivity index (χ1n) is 7.68. The van der Waals surface area contributed by atoms with Crippen LogP contribution in [0, 0.1) is 11.7 Å². The molecule has 0 aliphatic rings. The van der Waals surface area contributed by atoms with Gasteiger partial charge in [0.05, 0.1) is 0 Å². The van der Waals surface area contributed by atoms with Gasteiger partial charge >= 0.3 is 0 Å². The highest BCUT2D eigenvalue weighted by molar-refractivity contribution is 5.65. The van der Waals surface area contributed by atoms with E-state index in [1.807, 2.05) is 19.1 Å². The maximum atomic E-state index is 13.8. The third-order valence-electron chi connectivity index (χ3n) is 3.52. The second kappa shape index (κ2) is 7.37. The topological polar surface area (TPSA) is 12.0 Å². The zero-order chi connectivity index (χ0) is 15.2. The Bertz CT molecular complexity index is 590. The van der Waals surface area contributed by atoms with E-state index in [0.29, 0.717) is 12.5 Å². The standard InChI is InChI=1S/C19H24FN/c1-4-21-13-18-12-17(8-9-19(18)20)16-7-5-6-15(11-16)10-14(2)3/h5-9,11-12,14,21H,4,10,13H2,1-3H3. The summed E-state index contributed by atoms with van der Waals surface area (Å²) in [5, 5.41) is 3.18. The molecule has 21 heavy (non-hydrogen) atoms. The highest BCUT2D eigenvalue weighted by Crippen LogP contribution is 2.24. The lowest BCUT2D eigenvalue weighted by Gasteiger charge is -2.10. The fourth-order valence-corrected chi connectivity index (χ4v) is 2.50. The van der Waals surface area contributed by atoms with Crippen molar-refractivity contribution in [3.05, 3.63) is 59.4 Å². The van der Waals surface area contributed by atoms with Crippen molar-refractivity contribution in [1.82, 2.24) is 5.32 Å². The van der Waals surface area contributed by atoms with E-state index >= 15 is 0 Å². The van der Waals surface area contributed by atoms with E-state index in [0.717, 1.165) is 29.7 Å². The van der Waals surface area contributed by atoms with Crippen LogP contribution in [0.25, 0.3) is 11.1 Å². The Morgan fingerprint density at radius 3 is 2.52 bits per heavy atom. The zero-order valence-electron chi connectivity index (χ0n) is 13.1. The van der Waals surface area contributed by atoms with Gasteiger partial charge in [-0.1, -0.05) is 51.1 Å². The molecule has 2 aromatic rings. The van der Waals surface area contributed by atoms with E-state index in [4.69, 9.17) is 0 Å². The van der Waals surface area contributed by atoms with Gasteiger partial charge in [-0.2, -0.15) is 0 Å². The van der Waals surface area contributed by atoms with Crippen molar-refractivity contribution in [2.45, 2.75) is 33.7 Å². The Morgan fingerprint density at radius 1 is 1.05 bits per heavy atom. The highest BCUT2D eigenvalue weighted by atomic mass is 19.1. The number of halogens is 1. The molecule has 0 aliphatic heterocycles. The van der Waals surface area contributed by atoms with E-state index in [1.54, 1.807) is 6.07 Å². The first-order chi connectivity index (χ1) is 10.1. The van der Waals surface area contributed by atoms with Gasteiger partial charge < -0.3 is 5.32 Å². The van der Waals surface area contributed by atoms with E-state index in [1.165, 1.54) is 5.56 Å². The first-order valence-corrected chi connectivity index (χ1v) is 7.68. The third kappa shape index (κ3) is 4.40. The lowest BCUT2D eigenvalue weighted by molar-refractivity contribution is 0.593. The summed E-state index contributed by atoms with van der Waals surface area (Å²) >= 11 is 0. The Morgan fingerprint density at radius 2 is 1.81 bits per heavy atom. The number of rotatable bonds is 6. The summed E-state index contributed by atoms with van der Waals surface area (Å²) in [4.78, 5) is 0. The van der Waals surface area contributed by atoms with E-state index in [-0.39, 0.29) is 5.82 Å². The molecule has 2 aromatic carbocycles. The lowest BCUT2D eigenvalue weighted by atomic mass is 9.97. The van der Waals surface area contributed by atoms with E-state index < -0.39 is 0 Å². The zero-order valence-corrected chi connectivity index (χ0v) is 13.1. The van der Waals surface area contributed by atoms with Gasteiger partial charge in [-0.15, -0.1) is 0 Å². The molecule has 0 atom stereocenters. The van der Waals surface area contributed by atoms with Crippen LogP contribution in [0.2, 0.25) is 0 Å². The molecule has 112 valence electrons. The predicted octanol–water partition coefficient (Wildman–Crippen LogP) is 4.80. The minimum absolute atomic E-state index is 0.141. The molecule has 1 N–H and O–H groups in total. The molecule has 0 saturated heterocycles. The van der Waals surface area contributed by atoms with Crippen molar-refractivity contribution in [2.75, 3.05) is 6.54 Å². The Hall–Kier alpha value is -1.67. The van der Waals surface area contributed by atoms with Gasteiger partial charge in [0.1, 0.15) is 5.82 Å². The summed E-state index contributed by atoms with van der Waals surface area (Å²) in [5.41, 5.74) is 4.30. The van der Waals surface area contributed by atoms with Crippen LogP contribution in [0.15, 0.2) is 42.5 Å². The fraction of sp³-hybridized carbons (Fsp3) is 0.368. The minimum atomic E-state index is -0.141. The molecule has 0 amide bonds. The van der Waals surface area contributed by atoms with Crippen LogP contribution in [-0.2, 0) is 13.0 Å². The monoisotopic (exact) mass is 285 g/mol. The molecule has 1 nitrogen and oxygen atoms in total. The van der Waals surface area contributed by atoms with Crippen molar-refractivity contribution in [3.63, 3.8) is 0 Å². The molecule has 0 fully saturated rings. The quantitative estimate of drug-likeness (QED) is 0.804. The smallest absolute Gasteiger partial charge is 0.127 e. The number of benzene rings is 2. The molecular weight excluding hydrogens is 261 g/mol. The van der Waals surface area contributed by atoms with Gasteiger partial charge in [-0.05, 0) is 47.7 Å². The molecule has 0 radical (unpaired) electrons. The van der Waals surface area contributed by atoms with Gasteiger partial charge in [-0.25, -0.2) is 4.39 Å². The largest absolute Gasteiger partial charge is 0.313 e. The molecule has 0 aliphatic carbocycles. The third-order valence-corrected chi connectivity index (χ3v) is 3.52. The van der Waals surface area contributed by atoms with Gasteiger partial charge in [0.2, 0.25) is 0 Å². The normalized spacial score (nSPS) is 11.1. The average Bonchev–Trinajstić information content (AvgIpc) is 2.46. The van der Waals surface area contributed by atoms with Crippen molar-refractivity contribution < 1.29 is 4.39 Å². The summed E-state index contributed by atoms with van der Waals surface area (Å²) in [5.74, 6) is 0.496. The van der Waals surface area contributed by atoms with Crippen LogP contribution in [0.3, 0.4) is 0 Å². The van der Waals surface area contributed by atoms with Gasteiger partial charge in [0.15, 0.2) is 0 Å². The summed E-state index contributed by atoms with van der Waals surface area (Å²) in [7, 11) is 0. The van der Waals surface area contributed by atoms with E-state index in [9.17, 15) is 4.39 Å². The number of hydrogen-bond donors (Lipinski definition) is 1. The minimum Gasteiger partial charge on any atom is -0.313 e.